The lowest BCUT2D eigenvalue weighted by Gasteiger charge is -2.21. The Hall–Kier alpha value is -2.42. The maximum atomic E-state index is 12.3. The van der Waals surface area contributed by atoms with Crippen LogP contribution in [0.1, 0.15) is 44.2 Å². The summed E-state index contributed by atoms with van der Waals surface area (Å²) in [6.45, 7) is 5.34. The van der Waals surface area contributed by atoms with E-state index in [1.807, 2.05) is 30.3 Å². The number of benzene rings is 2. The van der Waals surface area contributed by atoms with Crippen LogP contribution in [0.15, 0.2) is 42.5 Å². The Morgan fingerprint density at radius 3 is 2.53 bits per heavy atom. The van der Waals surface area contributed by atoms with Crippen molar-refractivity contribution in [1.82, 2.24) is 5.32 Å². The molecule has 1 amide bonds. The average Bonchev–Trinajstić information content (AvgIpc) is 2.99. The molecule has 158 valence electrons. The van der Waals surface area contributed by atoms with Crippen molar-refractivity contribution in [3.63, 3.8) is 0 Å². The summed E-state index contributed by atoms with van der Waals surface area (Å²) in [6, 6.07) is 13.1. The van der Waals surface area contributed by atoms with Gasteiger partial charge in [0, 0.05) is 9.49 Å². The first-order valence-electron chi connectivity index (χ1n) is 9.67. The van der Waals surface area contributed by atoms with E-state index in [-0.39, 0.29) is 18.9 Å². The van der Waals surface area contributed by atoms with Crippen molar-refractivity contribution in [3.05, 3.63) is 57.2 Å². The van der Waals surface area contributed by atoms with Crippen molar-refractivity contribution < 1.29 is 23.9 Å². The summed E-state index contributed by atoms with van der Waals surface area (Å²) < 4.78 is 11.8. The quantitative estimate of drug-likeness (QED) is 0.346. The van der Waals surface area contributed by atoms with Crippen LogP contribution in [0.25, 0.3) is 11.1 Å². The van der Waals surface area contributed by atoms with Gasteiger partial charge in [0.1, 0.15) is 18.5 Å². The third-order valence-corrected chi connectivity index (χ3v) is 5.58. The molecule has 2 aromatic rings. The number of nitrogens with one attached hydrogen (secondary N) is 1. The summed E-state index contributed by atoms with van der Waals surface area (Å²) in [5.41, 5.74) is 3.86. The summed E-state index contributed by atoms with van der Waals surface area (Å²) in [5, 5.41) is 2.44. The largest absolute Gasteiger partial charge is 0.460 e. The highest BCUT2D eigenvalue weighted by Crippen LogP contribution is 2.46. The van der Waals surface area contributed by atoms with Crippen molar-refractivity contribution in [2.75, 3.05) is 6.61 Å². The van der Waals surface area contributed by atoms with Gasteiger partial charge in [0.15, 0.2) is 0 Å². The van der Waals surface area contributed by atoms with Crippen LogP contribution in [-0.2, 0) is 19.1 Å². The minimum atomic E-state index is -1.00. The van der Waals surface area contributed by atoms with Gasteiger partial charge in [-0.15, -0.1) is 0 Å². The Kier molecular flexibility index (Phi) is 6.80. The van der Waals surface area contributed by atoms with Crippen LogP contribution >= 0.6 is 22.6 Å². The fraction of sp³-hybridized carbons (Fsp3) is 0.348. The van der Waals surface area contributed by atoms with Crippen LogP contribution in [0.5, 0.6) is 0 Å². The highest BCUT2D eigenvalue weighted by molar-refractivity contribution is 14.1. The zero-order valence-corrected chi connectivity index (χ0v) is 19.3. The van der Waals surface area contributed by atoms with Crippen molar-refractivity contribution in [1.29, 1.82) is 0 Å². The second-order valence-corrected chi connectivity index (χ2v) is 9.28. The lowest BCUT2D eigenvalue weighted by molar-refractivity contribution is -0.155. The first-order valence-corrected chi connectivity index (χ1v) is 10.8. The lowest BCUT2D eigenvalue weighted by Crippen LogP contribution is -2.39. The smallest absolute Gasteiger partial charge is 0.407 e. The number of hydrogen-bond acceptors (Lipinski definition) is 5. The molecule has 0 spiro atoms. The van der Waals surface area contributed by atoms with Crippen LogP contribution < -0.4 is 5.32 Å². The van der Waals surface area contributed by atoms with Crippen molar-refractivity contribution >= 4 is 40.9 Å². The monoisotopic (exact) mass is 521 g/mol. The van der Waals surface area contributed by atoms with Crippen molar-refractivity contribution in [3.8, 4) is 11.1 Å². The number of esters is 1. The van der Waals surface area contributed by atoms with Crippen LogP contribution in [0.3, 0.4) is 0 Å². The Labute approximate surface area is 189 Å². The van der Waals surface area contributed by atoms with E-state index < -0.39 is 23.7 Å². The summed E-state index contributed by atoms with van der Waals surface area (Å²) in [5.74, 6) is -0.648. The minimum Gasteiger partial charge on any atom is -0.460 e. The number of halogens is 1. The van der Waals surface area contributed by atoms with Crippen LogP contribution in [0, 0.1) is 3.57 Å². The number of ether oxygens (including phenoxy) is 2. The van der Waals surface area contributed by atoms with Gasteiger partial charge in [-0.1, -0.05) is 36.4 Å². The van der Waals surface area contributed by atoms with Gasteiger partial charge >= 0.3 is 12.1 Å². The van der Waals surface area contributed by atoms with E-state index in [9.17, 15) is 14.4 Å². The second kappa shape index (κ2) is 9.16. The molecule has 1 unspecified atom stereocenters. The molecule has 0 fully saturated rings. The Morgan fingerprint density at radius 2 is 1.83 bits per heavy atom. The van der Waals surface area contributed by atoms with E-state index in [4.69, 9.17) is 9.47 Å². The van der Waals surface area contributed by atoms with E-state index in [2.05, 4.69) is 40.0 Å². The summed E-state index contributed by atoms with van der Waals surface area (Å²) >= 11 is 2.31. The molecular formula is C23H24INO5. The highest BCUT2D eigenvalue weighted by atomic mass is 127. The minimum absolute atomic E-state index is 0.0859. The van der Waals surface area contributed by atoms with Gasteiger partial charge in [0.2, 0.25) is 0 Å². The number of carbonyl (C=O) groups is 3. The second-order valence-electron chi connectivity index (χ2n) is 8.12. The number of aldehydes is 1. The maximum Gasteiger partial charge on any atom is 0.407 e. The molecule has 0 bridgehead atoms. The van der Waals surface area contributed by atoms with Gasteiger partial charge in [-0.05, 0) is 71.7 Å². The Morgan fingerprint density at radius 1 is 1.13 bits per heavy atom. The van der Waals surface area contributed by atoms with Crippen molar-refractivity contribution in [2.24, 2.45) is 0 Å². The van der Waals surface area contributed by atoms with Gasteiger partial charge in [0.05, 0.1) is 12.5 Å². The predicted octanol–water partition coefficient (Wildman–Crippen LogP) is 4.43. The molecule has 0 aromatic heterocycles. The normalized spacial score (nSPS) is 15.5. The third-order valence-electron chi connectivity index (χ3n) is 4.68. The van der Waals surface area contributed by atoms with E-state index in [1.54, 1.807) is 20.8 Å². The molecule has 2 atom stereocenters. The maximum absolute atomic E-state index is 12.3. The van der Waals surface area contributed by atoms with Gasteiger partial charge in [-0.3, -0.25) is 4.79 Å². The first-order chi connectivity index (χ1) is 14.2. The summed E-state index contributed by atoms with van der Waals surface area (Å²) in [6.07, 6.45) is -0.483. The van der Waals surface area contributed by atoms with Gasteiger partial charge in [-0.2, -0.15) is 0 Å². The van der Waals surface area contributed by atoms with E-state index in [0.717, 1.165) is 20.3 Å². The molecule has 2 aromatic carbocycles. The average molecular weight is 521 g/mol. The van der Waals surface area contributed by atoms with E-state index in [1.165, 1.54) is 5.56 Å². The third kappa shape index (κ3) is 5.19. The molecule has 1 aliphatic carbocycles. The predicted molar refractivity (Wildman–Crippen MR) is 121 cm³/mol. The SMILES string of the molecule is CC(C)(C)OC(=O)C[C@@H](C=O)NC(=O)OCC1c2ccccc2-c2c(I)cccc21. The van der Waals surface area contributed by atoms with E-state index >= 15 is 0 Å². The lowest BCUT2D eigenvalue weighted by atomic mass is 9.98. The number of carbonyl (C=O) groups excluding carboxylic acids is 3. The zero-order valence-electron chi connectivity index (χ0n) is 17.1. The number of fused-ring (bicyclic) bond motifs is 3. The number of hydrogen-bond donors (Lipinski definition) is 1. The molecule has 0 saturated heterocycles. The van der Waals surface area contributed by atoms with Crippen LogP contribution in [-0.4, -0.2) is 36.6 Å². The number of amides is 1. The molecule has 1 N–H and O–H groups in total. The molecule has 0 radical (unpaired) electrons. The molecule has 6 nitrogen and oxygen atoms in total. The molecule has 3 rings (SSSR count). The fourth-order valence-corrected chi connectivity index (χ4v) is 4.35. The highest BCUT2D eigenvalue weighted by Gasteiger charge is 2.31. The molecule has 0 aliphatic heterocycles. The first kappa shape index (κ1) is 22.3. The standard InChI is InChI=1S/C23H24INO5/c1-23(2,3)30-20(27)11-14(12-26)25-22(28)29-13-18-15-7-4-5-8-16(15)21-17(18)9-6-10-19(21)24/h4-10,12,14,18H,11,13H2,1-3H3,(H,25,28)/t14-,18?/m0/s1. The fourth-order valence-electron chi connectivity index (χ4n) is 3.54. The molecule has 0 saturated carbocycles. The molecule has 1 aliphatic rings. The zero-order chi connectivity index (χ0) is 21.9. The van der Waals surface area contributed by atoms with E-state index in [0.29, 0.717) is 6.29 Å². The topological polar surface area (TPSA) is 81.7 Å². The molecular weight excluding hydrogens is 497 g/mol. The van der Waals surface area contributed by atoms with Gasteiger partial charge < -0.3 is 19.6 Å². The van der Waals surface area contributed by atoms with Crippen molar-refractivity contribution in [2.45, 2.75) is 44.8 Å². The summed E-state index contributed by atoms with van der Waals surface area (Å²) in [4.78, 5) is 35.5. The molecule has 0 heterocycles. The summed E-state index contributed by atoms with van der Waals surface area (Å²) in [7, 11) is 0. The molecule has 30 heavy (non-hydrogen) atoms. The van der Waals surface area contributed by atoms with Crippen LogP contribution in [0.4, 0.5) is 4.79 Å². The number of rotatable bonds is 6. The van der Waals surface area contributed by atoms with Gasteiger partial charge in [-0.25, -0.2) is 4.79 Å². The molecule has 7 heteroatoms. The Bertz CT molecular complexity index is 966. The Balaban J connectivity index is 1.64. The van der Waals surface area contributed by atoms with Crippen LogP contribution in [0.2, 0.25) is 0 Å². The number of alkyl carbamates (subject to hydrolysis) is 1. The van der Waals surface area contributed by atoms with Gasteiger partial charge in [0.25, 0.3) is 0 Å².